The van der Waals surface area contributed by atoms with Crippen molar-refractivity contribution in [3.63, 3.8) is 0 Å². The van der Waals surface area contributed by atoms with E-state index in [1.54, 1.807) is 29.7 Å². The molecule has 0 aliphatic rings. The minimum Gasteiger partial charge on any atom is -0.456 e. The maximum Gasteiger partial charge on any atom is 0.340 e. The number of hydrogen-bond donors (Lipinski definition) is 0. The van der Waals surface area contributed by atoms with E-state index in [2.05, 4.69) is 29.0 Å². The molecule has 2 heterocycles. The summed E-state index contributed by atoms with van der Waals surface area (Å²) in [5.41, 5.74) is 3.47. The molecule has 0 aliphatic carbocycles. The molecular formula is C17H14N2O2S. The summed E-state index contributed by atoms with van der Waals surface area (Å²) in [6.07, 6.45) is 3.10. The molecule has 0 saturated carbocycles. The quantitative estimate of drug-likeness (QED) is 0.686. The number of benzene rings is 1. The van der Waals surface area contributed by atoms with Gasteiger partial charge in [0.25, 0.3) is 0 Å². The van der Waals surface area contributed by atoms with Crippen molar-refractivity contribution < 1.29 is 9.53 Å². The third-order valence-electron chi connectivity index (χ3n) is 3.10. The van der Waals surface area contributed by atoms with E-state index in [1.807, 2.05) is 17.5 Å². The minimum absolute atomic E-state index is 0.163. The number of carbonyl (C=O) groups is 1. The Morgan fingerprint density at radius 1 is 1.23 bits per heavy atom. The van der Waals surface area contributed by atoms with Gasteiger partial charge < -0.3 is 4.74 Å². The maximum atomic E-state index is 11.8. The van der Waals surface area contributed by atoms with Gasteiger partial charge in [-0.3, -0.25) is 4.98 Å². The number of pyridine rings is 1. The van der Waals surface area contributed by atoms with E-state index in [9.17, 15) is 4.79 Å². The van der Waals surface area contributed by atoms with E-state index in [0.717, 1.165) is 16.3 Å². The van der Waals surface area contributed by atoms with Crippen molar-refractivity contribution in [3.8, 4) is 10.6 Å². The van der Waals surface area contributed by atoms with Crippen LogP contribution >= 0.6 is 11.3 Å². The van der Waals surface area contributed by atoms with Gasteiger partial charge in [0, 0.05) is 23.3 Å². The standard InChI is InChI=1S/C17H14N2O2S/c1-12-4-6-13(7-5-12)16-19-15(11-22-16)10-21-17(20)14-3-2-8-18-9-14/h2-9,11H,10H2,1H3. The predicted octanol–water partition coefficient (Wildman–Crippen LogP) is 3.87. The molecule has 0 radical (unpaired) electrons. The summed E-state index contributed by atoms with van der Waals surface area (Å²) in [5.74, 6) is -0.391. The first-order chi connectivity index (χ1) is 10.7. The second-order valence-electron chi connectivity index (χ2n) is 4.83. The van der Waals surface area contributed by atoms with E-state index < -0.39 is 5.97 Å². The van der Waals surface area contributed by atoms with Gasteiger partial charge in [-0.2, -0.15) is 0 Å². The van der Waals surface area contributed by atoms with Gasteiger partial charge in [-0.25, -0.2) is 9.78 Å². The number of esters is 1. The van der Waals surface area contributed by atoms with Crippen LogP contribution in [0.25, 0.3) is 10.6 Å². The number of aromatic nitrogens is 2. The van der Waals surface area contributed by atoms with Gasteiger partial charge in [-0.05, 0) is 19.1 Å². The zero-order valence-electron chi connectivity index (χ0n) is 12.0. The molecule has 0 fully saturated rings. The van der Waals surface area contributed by atoms with Crippen molar-refractivity contribution in [1.29, 1.82) is 0 Å². The van der Waals surface area contributed by atoms with E-state index in [-0.39, 0.29) is 6.61 Å². The van der Waals surface area contributed by atoms with Gasteiger partial charge in [-0.1, -0.05) is 29.8 Å². The number of thiazole rings is 1. The highest BCUT2D eigenvalue weighted by atomic mass is 32.1. The molecule has 110 valence electrons. The van der Waals surface area contributed by atoms with Gasteiger partial charge >= 0.3 is 5.97 Å². The summed E-state index contributed by atoms with van der Waals surface area (Å²) in [6, 6.07) is 11.6. The number of aryl methyl sites for hydroxylation is 1. The molecule has 0 saturated heterocycles. The molecule has 0 aliphatic heterocycles. The Morgan fingerprint density at radius 3 is 2.77 bits per heavy atom. The first-order valence-electron chi connectivity index (χ1n) is 6.81. The minimum atomic E-state index is -0.391. The molecule has 4 nitrogen and oxygen atoms in total. The molecular weight excluding hydrogens is 296 g/mol. The summed E-state index contributed by atoms with van der Waals surface area (Å²) < 4.78 is 5.25. The van der Waals surface area contributed by atoms with Crippen LogP contribution in [0.3, 0.4) is 0 Å². The molecule has 3 aromatic rings. The summed E-state index contributed by atoms with van der Waals surface area (Å²) >= 11 is 1.54. The Bertz CT molecular complexity index is 767. The average molecular weight is 310 g/mol. The zero-order valence-corrected chi connectivity index (χ0v) is 12.8. The molecule has 22 heavy (non-hydrogen) atoms. The smallest absolute Gasteiger partial charge is 0.340 e. The van der Waals surface area contributed by atoms with Crippen LogP contribution in [0.4, 0.5) is 0 Å². The van der Waals surface area contributed by atoms with Crippen LogP contribution in [-0.2, 0) is 11.3 Å². The molecule has 1 aromatic carbocycles. The molecule has 0 atom stereocenters. The number of nitrogens with zero attached hydrogens (tertiary/aromatic N) is 2. The molecule has 3 rings (SSSR count). The SMILES string of the molecule is Cc1ccc(-c2nc(COC(=O)c3cccnc3)cs2)cc1. The van der Waals surface area contributed by atoms with Crippen molar-refractivity contribution in [2.75, 3.05) is 0 Å². The third-order valence-corrected chi connectivity index (χ3v) is 4.04. The molecule has 5 heteroatoms. The zero-order chi connectivity index (χ0) is 15.4. The largest absolute Gasteiger partial charge is 0.456 e. The number of carbonyl (C=O) groups excluding carboxylic acids is 1. The number of hydrogen-bond acceptors (Lipinski definition) is 5. The normalized spacial score (nSPS) is 10.4. The molecule has 0 N–H and O–H groups in total. The summed E-state index contributed by atoms with van der Waals surface area (Å²) in [6.45, 7) is 2.21. The monoisotopic (exact) mass is 310 g/mol. The van der Waals surface area contributed by atoms with Crippen molar-refractivity contribution in [3.05, 3.63) is 71.0 Å². The van der Waals surface area contributed by atoms with Gasteiger partial charge in [0.1, 0.15) is 11.6 Å². The van der Waals surface area contributed by atoms with Crippen LogP contribution in [0.5, 0.6) is 0 Å². The highest BCUT2D eigenvalue weighted by Crippen LogP contribution is 2.24. The Kier molecular flexibility index (Phi) is 4.25. The second-order valence-corrected chi connectivity index (χ2v) is 5.69. The number of ether oxygens (including phenoxy) is 1. The van der Waals surface area contributed by atoms with Crippen LogP contribution in [0.15, 0.2) is 54.2 Å². The van der Waals surface area contributed by atoms with Gasteiger partial charge in [-0.15, -0.1) is 11.3 Å². The topological polar surface area (TPSA) is 52.1 Å². The first kappa shape index (κ1) is 14.4. The second kappa shape index (κ2) is 6.49. The van der Waals surface area contributed by atoms with Crippen LogP contribution in [0.1, 0.15) is 21.6 Å². The van der Waals surface area contributed by atoms with E-state index in [0.29, 0.717) is 5.56 Å². The van der Waals surface area contributed by atoms with Crippen molar-refractivity contribution in [2.24, 2.45) is 0 Å². The lowest BCUT2D eigenvalue weighted by atomic mass is 10.2. The summed E-state index contributed by atoms with van der Waals surface area (Å²) in [7, 11) is 0. The first-order valence-corrected chi connectivity index (χ1v) is 7.69. The Hall–Kier alpha value is -2.53. The predicted molar refractivity (Wildman–Crippen MR) is 85.6 cm³/mol. The molecule has 0 amide bonds. The molecule has 0 bridgehead atoms. The van der Waals surface area contributed by atoms with E-state index in [4.69, 9.17) is 4.74 Å². The van der Waals surface area contributed by atoms with Crippen molar-refractivity contribution >= 4 is 17.3 Å². The number of rotatable bonds is 4. The fourth-order valence-corrected chi connectivity index (χ4v) is 2.72. The molecule has 2 aromatic heterocycles. The summed E-state index contributed by atoms with van der Waals surface area (Å²) in [4.78, 5) is 20.2. The van der Waals surface area contributed by atoms with Gasteiger partial charge in [0.15, 0.2) is 0 Å². The maximum absolute atomic E-state index is 11.8. The Balaban J connectivity index is 1.65. The van der Waals surface area contributed by atoms with E-state index >= 15 is 0 Å². The summed E-state index contributed by atoms with van der Waals surface area (Å²) in [5, 5.41) is 2.83. The highest BCUT2D eigenvalue weighted by Gasteiger charge is 2.09. The average Bonchev–Trinajstić information content (AvgIpc) is 3.03. The van der Waals surface area contributed by atoms with Crippen LogP contribution in [-0.4, -0.2) is 15.9 Å². The third kappa shape index (κ3) is 3.38. The van der Waals surface area contributed by atoms with Crippen LogP contribution < -0.4 is 0 Å². The van der Waals surface area contributed by atoms with E-state index in [1.165, 1.54) is 11.8 Å². The van der Waals surface area contributed by atoms with Crippen LogP contribution in [0.2, 0.25) is 0 Å². The van der Waals surface area contributed by atoms with Gasteiger partial charge in [0.2, 0.25) is 0 Å². The fraction of sp³-hybridized carbons (Fsp3) is 0.118. The Morgan fingerprint density at radius 2 is 2.05 bits per heavy atom. The lowest BCUT2D eigenvalue weighted by molar-refractivity contribution is 0.0468. The highest BCUT2D eigenvalue weighted by molar-refractivity contribution is 7.13. The Labute approximate surface area is 132 Å². The molecule has 0 spiro atoms. The van der Waals surface area contributed by atoms with Gasteiger partial charge in [0.05, 0.1) is 11.3 Å². The fourth-order valence-electron chi connectivity index (χ4n) is 1.91. The van der Waals surface area contributed by atoms with Crippen molar-refractivity contribution in [2.45, 2.75) is 13.5 Å². The van der Waals surface area contributed by atoms with Crippen molar-refractivity contribution in [1.82, 2.24) is 9.97 Å². The van der Waals surface area contributed by atoms with Crippen LogP contribution in [0, 0.1) is 6.92 Å². The lowest BCUT2D eigenvalue weighted by Gasteiger charge is -2.02. The lowest BCUT2D eigenvalue weighted by Crippen LogP contribution is -2.05. The molecule has 0 unspecified atom stereocenters.